The van der Waals surface area contributed by atoms with Gasteiger partial charge in [0.05, 0.1) is 5.56 Å². The third-order valence-corrected chi connectivity index (χ3v) is 4.44. The van der Waals surface area contributed by atoms with E-state index < -0.39 is 0 Å². The molecule has 1 aliphatic heterocycles. The van der Waals surface area contributed by atoms with Gasteiger partial charge in [-0.05, 0) is 45.3 Å². The van der Waals surface area contributed by atoms with Crippen LogP contribution in [0.15, 0.2) is 51.4 Å². The lowest BCUT2D eigenvalue weighted by Crippen LogP contribution is -2.25. The van der Waals surface area contributed by atoms with Crippen LogP contribution in [0.25, 0.3) is 0 Å². The normalized spacial score (nSPS) is 13.5. The zero-order valence-corrected chi connectivity index (χ0v) is 13.2. The zero-order valence-electron chi connectivity index (χ0n) is 10.1. The van der Waals surface area contributed by atoms with Crippen LogP contribution in [-0.4, -0.2) is 10.8 Å². The summed E-state index contributed by atoms with van der Waals surface area (Å²) in [7, 11) is 0. The molecule has 4 heteroatoms. The quantitative estimate of drug-likeness (QED) is 0.719. The van der Waals surface area contributed by atoms with Gasteiger partial charge >= 0.3 is 0 Å². The fourth-order valence-electron chi connectivity index (χ4n) is 2.31. The molecule has 0 bridgehead atoms. The molecule has 96 valence electrons. The molecule has 0 fully saturated rings. The van der Waals surface area contributed by atoms with E-state index in [2.05, 4.69) is 44.0 Å². The summed E-state index contributed by atoms with van der Waals surface area (Å²) in [4.78, 5) is 14.4. The minimum Gasteiger partial charge on any atom is -0.330 e. The predicted octanol–water partition coefficient (Wildman–Crippen LogP) is 4.37. The van der Waals surface area contributed by atoms with Gasteiger partial charge in [-0.25, -0.2) is 0 Å². The van der Waals surface area contributed by atoms with E-state index in [0.29, 0.717) is 18.7 Å². The number of halogens is 2. The maximum absolute atomic E-state index is 12.5. The average molecular weight is 381 g/mol. The Bertz CT molecular complexity index is 629. The maximum Gasteiger partial charge on any atom is 0.255 e. The number of hydrogen-bond donors (Lipinski definition) is 0. The fourth-order valence-corrected chi connectivity index (χ4v) is 3.53. The van der Waals surface area contributed by atoms with Gasteiger partial charge < -0.3 is 4.90 Å². The number of fused-ring (bicyclic) bond motifs is 1. The molecule has 0 radical (unpaired) electrons. The van der Waals surface area contributed by atoms with Crippen molar-refractivity contribution >= 4 is 37.8 Å². The zero-order chi connectivity index (χ0) is 13.4. The van der Waals surface area contributed by atoms with Crippen molar-refractivity contribution < 1.29 is 4.79 Å². The number of hydrogen-bond acceptors (Lipinski definition) is 1. The van der Waals surface area contributed by atoms with Gasteiger partial charge in [-0.3, -0.25) is 4.79 Å². The first-order valence-electron chi connectivity index (χ1n) is 5.96. The first-order valence-corrected chi connectivity index (χ1v) is 7.55. The number of rotatable bonds is 1. The smallest absolute Gasteiger partial charge is 0.255 e. The van der Waals surface area contributed by atoms with Crippen molar-refractivity contribution in [2.45, 2.75) is 13.1 Å². The first kappa shape index (κ1) is 12.9. The number of benzene rings is 2. The molecule has 2 nitrogen and oxygen atoms in total. The second-order valence-corrected chi connectivity index (χ2v) is 6.32. The standard InChI is InChI=1S/C15H11Br2NO/c16-12-5-6-13(14(17)7-12)15(19)18-8-10-3-1-2-4-11(10)9-18/h1-7H,8-9H2. The lowest BCUT2D eigenvalue weighted by atomic mass is 10.1. The summed E-state index contributed by atoms with van der Waals surface area (Å²) in [6.45, 7) is 1.38. The van der Waals surface area contributed by atoms with Crippen molar-refractivity contribution in [3.05, 3.63) is 68.1 Å². The molecule has 1 amide bonds. The van der Waals surface area contributed by atoms with Crippen molar-refractivity contribution in [1.82, 2.24) is 4.90 Å². The summed E-state index contributed by atoms with van der Waals surface area (Å²) in [5.74, 6) is 0.0653. The van der Waals surface area contributed by atoms with Gasteiger partial charge in [-0.2, -0.15) is 0 Å². The van der Waals surface area contributed by atoms with E-state index in [0.717, 1.165) is 8.95 Å². The molecule has 0 aliphatic carbocycles. The number of amides is 1. The van der Waals surface area contributed by atoms with Crippen molar-refractivity contribution in [1.29, 1.82) is 0 Å². The van der Waals surface area contributed by atoms with E-state index in [1.807, 2.05) is 35.2 Å². The van der Waals surface area contributed by atoms with Gasteiger partial charge in [0.15, 0.2) is 0 Å². The van der Waals surface area contributed by atoms with Gasteiger partial charge in [0.25, 0.3) is 5.91 Å². The van der Waals surface area contributed by atoms with E-state index >= 15 is 0 Å². The van der Waals surface area contributed by atoms with Gasteiger partial charge in [-0.1, -0.05) is 40.2 Å². The Labute approximate surface area is 128 Å². The summed E-state index contributed by atoms with van der Waals surface area (Å²) in [5.41, 5.74) is 3.18. The van der Waals surface area contributed by atoms with Crippen LogP contribution in [0, 0.1) is 0 Å². The topological polar surface area (TPSA) is 20.3 Å². The SMILES string of the molecule is O=C(c1ccc(Br)cc1Br)N1Cc2ccccc2C1. The van der Waals surface area contributed by atoms with E-state index in [-0.39, 0.29) is 5.91 Å². The van der Waals surface area contributed by atoms with Gasteiger partial charge in [0.2, 0.25) is 0 Å². The lowest BCUT2D eigenvalue weighted by molar-refractivity contribution is 0.0750. The molecule has 0 N–H and O–H groups in total. The molecule has 19 heavy (non-hydrogen) atoms. The van der Waals surface area contributed by atoms with E-state index in [1.165, 1.54) is 11.1 Å². The summed E-state index contributed by atoms with van der Waals surface area (Å²) < 4.78 is 1.78. The molecule has 3 rings (SSSR count). The number of carbonyl (C=O) groups is 1. The maximum atomic E-state index is 12.5. The number of carbonyl (C=O) groups excluding carboxylic acids is 1. The monoisotopic (exact) mass is 379 g/mol. The highest BCUT2D eigenvalue weighted by molar-refractivity contribution is 9.11. The third kappa shape index (κ3) is 2.47. The molecule has 0 atom stereocenters. The lowest BCUT2D eigenvalue weighted by Gasteiger charge is -2.16. The highest BCUT2D eigenvalue weighted by Gasteiger charge is 2.24. The van der Waals surface area contributed by atoms with Crippen LogP contribution < -0.4 is 0 Å². The average Bonchev–Trinajstić information content (AvgIpc) is 2.81. The molecular formula is C15H11Br2NO. The Hall–Kier alpha value is -1.13. The second-order valence-electron chi connectivity index (χ2n) is 4.55. The molecule has 0 unspecified atom stereocenters. The van der Waals surface area contributed by atoms with Crippen molar-refractivity contribution in [2.75, 3.05) is 0 Å². The summed E-state index contributed by atoms with van der Waals surface area (Å²) in [6, 6.07) is 13.8. The Morgan fingerprint density at radius 1 is 1.00 bits per heavy atom. The summed E-state index contributed by atoms with van der Waals surface area (Å²) in [6.07, 6.45) is 0. The summed E-state index contributed by atoms with van der Waals surface area (Å²) >= 11 is 6.85. The Morgan fingerprint density at radius 3 is 2.21 bits per heavy atom. The molecule has 0 saturated carbocycles. The highest BCUT2D eigenvalue weighted by Crippen LogP contribution is 2.27. The van der Waals surface area contributed by atoms with Crippen LogP contribution in [0.5, 0.6) is 0 Å². The molecule has 1 heterocycles. The molecule has 2 aromatic carbocycles. The molecule has 0 saturated heterocycles. The van der Waals surface area contributed by atoms with Crippen molar-refractivity contribution in [3.63, 3.8) is 0 Å². The Morgan fingerprint density at radius 2 is 1.63 bits per heavy atom. The second kappa shape index (κ2) is 5.10. The van der Waals surface area contributed by atoms with Gasteiger partial charge in [0.1, 0.15) is 0 Å². The van der Waals surface area contributed by atoms with Crippen LogP contribution in [0.2, 0.25) is 0 Å². The van der Waals surface area contributed by atoms with Crippen LogP contribution in [0.4, 0.5) is 0 Å². The third-order valence-electron chi connectivity index (χ3n) is 3.29. The van der Waals surface area contributed by atoms with Crippen LogP contribution in [0.3, 0.4) is 0 Å². The Balaban J connectivity index is 1.87. The highest BCUT2D eigenvalue weighted by atomic mass is 79.9. The molecule has 1 aliphatic rings. The van der Waals surface area contributed by atoms with Crippen molar-refractivity contribution in [3.8, 4) is 0 Å². The first-order chi connectivity index (χ1) is 9.15. The van der Waals surface area contributed by atoms with Crippen molar-refractivity contribution in [2.24, 2.45) is 0 Å². The van der Waals surface area contributed by atoms with Crippen LogP contribution >= 0.6 is 31.9 Å². The van der Waals surface area contributed by atoms with E-state index in [4.69, 9.17) is 0 Å². The molecule has 2 aromatic rings. The molecular weight excluding hydrogens is 370 g/mol. The van der Waals surface area contributed by atoms with E-state index in [9.17, 15) is 4.79 Å². The Kier molecular flexibility index (Phi) is 3.46. The fraction of sp³-hybridized carbons (Fsp3) is 0.133. The van der Waals surface area contributed by atoms with Gasteiger partial charge in [0, 0.05) is 22.0 Å². The molecule has 0 aromatic heterocycles. The minimum atomic E-state index is 0.0653. The van der Waals surface area contributed by atoms with Gasteiger partial charge in [-0.15, -0.1) is 0 Å². The molecule has 0 spiro atoms. The minimum absolute atomic E-state index is 0.0653. The summed E-state index contributed by atoms with van der Waals surface area (Å²) in [5, 5.41) is 0. The van der Waals surface area contributed by atoms with E-state index in [1.54, 1.807) is 0 Å². The predicted molar refractivity (Wildman–Crippen MR) is 81.9 cm³/mol. The number of nitrogens with zero attached hydrogens (tertiary/aromatic N) is 1. The van der Waals surface area contributed by atoms with Crippen LogP contribution in [-0.2, 0) is 13.1 Å². The largest absolute Gasteiger partial charge is 0.330 e. The van der Waals surface area contributed by atoms with Crippen LogP contribution in [0.1, 0.15) is 21.5 Å².